The highest BCUT2D eigenvalue weighted by Crippen LogP contribution is 2.30. The maximum Gasteiger partial charge on any atom is 0.264 e. The second-order valence-electron chi connectivity index (χ2n) is 9.60. The molecular formula is C30H35Cl2N3O4S. The molecule has 0 saturated carbocycles. The fraction of sp³-hybridized carbons (Fsp3) is 0.333. The monoisotopic (exact) mass is 603 g/mol. The van der Waals surface area contributed by atoms with E-state index >= 15 is 0 Å². The number of rotatable bonds is 13. The van der Waals surface area contributed by atoms with Gasteiger partial charge in [-0.15, -0.1) is 0 Å². The Hall–Kier alpha value is -3.07. The van der Waals surface area contributed by atoms with Crippen molar-refractivity contribution in [2.45, 2.75) is 51.0 Å². The first kappa shape index (κ1) is 31.5. The molecule has 214 valence electrons. The van der Waals surface area contributed by atoms with E-state index in [1.54, 1.807) is 19.1 Å². The first-order valence-electron chi connectivity index (χ1n) is 13.2. The van der Waals surface area contributed by atoms with E-state index in [-0.39, 0.29) is 33.1 Å². The second kappa shape index (κ2) is 14.5. The van der Waals surface area contributed by atoms with Crippen LogP contribution in [-0.2, 0) is 26.0 Å². The number of anilines is 1. The zero-order valence-electron chi connectivity index (χ0n) is 22.9. The van der Waals surface area contributed by atoms with Gasteiger partial charge in [-0.2, -0.15) is 0 Å². The van der Waals surface area contributed by atoms with Gasteiger partial charge in [-0.05, 0) is 62.6 Å². The van der Waals surface area contributed by atoms with Crippen LogP contribution in [0.25, 0.3) is 0 Å². The van der Waals surface area contributed by atoms with Gasteiger partial charge in [0.2, 0.25) is 11.8 Å². The molecule has 0 aliphatic carbocycles. The van der Waals surface area contributed by atoms with Gasteiger partial charge in [-0.1, -0.05) is 84.6 Å². The molecule has 3 aromatic carbocycles. The van der Waals surface area contributed by atoms with Crippen LogP contribution in [0.15, 0.2) is 77.7 Å². The summed E-state index contributed by atoms with van der Waals surface area (Å²) < 4.78 is 28.7. The molecule has 2 amide bonds. The Bertz CT molecular complexity index is 1380. The molecule has 3 rings (SSSR count). The van der Waals surface area contributed by atoms with Crippen LogP contribution in [0.1, 0.15) is 37.8 Å². The number of benzene rings is 3. The molecule has 0 saturated heterocycles. The average molecular weight is 605 g/mol. The molecule has 40 heavy (non-hydrogen) atoms. The average Bonchev–Trinajstić information content (AvgIpc) is 2.92. The summed E-state index contributed by atoms with van der Waals surface area (Å²) in [5.74, 6) is -0.825. The lowest BCUT2D eigenvalue weighted by atomic mass is 10.1. The Kier molecular flexibility index (Phi) is 11.4. The van der Waals surface area contributed by atoms with Crippen molar-refractivity contribution in [1.82, 2.24) is 10.2 Å². The van der Waals surface area contributed by atoms with Gasteiger partial charge >= 0.3 is 0 Å². The van der Waals surface area contributed by atoms with Crippen molar-refractivity contribution in [2.24, 2.45) is 0 Å². The maximum absolute atomic E-state index is 13.9. The van der Waals surface area contributed by atoms with Gasteiger partial charge in [0, 0.05) is 23.1 Å². The van der Waals surface area contributed by atoms with Crippen molar-refractivity contribution >= 4 is 50.7 Å². The maximum atomic E-state index is 13.9. The Morgan fingerprint density at radius 1 is 0.950 bits per heavy atom. The number of aryl methyl sites for hydroxylation is 1. The number of carbonyl (C=O) groups is 2. The summed E-state index contributed by atoms with van der Waals surface area (Å²) in [5, 5.41) is 3.33. The molecule has 0 spiro atoms. The number of hydrogen-bond donors (Lipinski definition) is 1. The highest BCUT2D eigenvalue weighted by atomic mass is 35.5. The SMILES string of the molecule is CCCCNC(=O)[C@@H](C)N(CCc1ccccc1)C(=O)CN(c1cc(Cl)cc(Cl)c1)S(=O)(=O)c1ccc(C)cc1. The highest BCUT2D eigenvalue weighted by Gasteiger charge is 2.32. The summed E-state index contributed by atoms with van der Waals surface area (Å²) in [6.07, 6.45) is 2.22. The first-order valence-corrected chi connectivity index (χ1v) is 15.4. The number of amides is 2. The van der Waals surface area contributed by atoms with Gasteiger partial charge in [0.25, 0.3) is 10.0 Å². The minimum atomic E-state index is -4.20. The van der Waals surface area contributed by atoms with E-state index in [9.17, 15) is 18.0 Å². The van der Waals surface area contributed by atoms with E-state index in [0.717, 1.165) is 28.3 Å². The Balaban J connectivity index is 1.98. The van der Waals surface area contributed by atoms with Gasteiger partial charge in [-0.25, -0.2) is 8.42 Å². The molecule has 0 radical (unpaired) electrons. The number of halogens is 2. The molecule has 0 heterocycles. The van der Waals surface area contributed by atoms with Gasteiger partial charge in [0.15, 0.2) is 0 Å². The third-order valence-corrected chi connectivity index (χ3v) is 8.73. The van der Waals surface area contributed by atoms with Crippen LogP contribution in [0.4, 0.5) is 5.69 Å². The number of nitrogens with zero attached hydrogens (tertiary/aromatic N) is 2. The molecule has 0 aliphatic rings. The van der Waals surface area contributed by atoms with Gasteiger partial charge in [-0.3, -0.25) is 13.9 Å². The molecule has 3 aromatic rings. The van der Waals surface area contributed by atoms with E-state index in [4.69, 9.17) is 23.2 Å². The van der Waals surface area contributed by atoms with Crippen molar-refractivity contribution in [2.75, 3.05) is 23.9 Å². The normalized spacial score (nSPS) is 12.0. The Morgan fingerprint density at radius 2 is 1.57 bits per heavy atom. The summed E-state index contributed by atoms with van der Waals surface area (Å²) in [7, 11) is -4.20. The van der Waals surface area contributed by atoms with Crippen LogP contribution >= 0.6 is 23.2 Å². The van der Waals surface area contributed by atoms with Crippen LogP contribution in [0, 0.1) is 6.92 Å². The molecule has 0 fully saturated rings. The summed E-state index contributed by atoms with van der Waals surface area (Å²) >= 11 is 12.5. The van der Waals surface area contributed by atoms with Crippen LogP contribution in [0.3, 0.4) is 0 Å². The predicted molar refractivity (Wildman–Crippen MR) is 161 cm³/mol. The van der Waals surface area contributed by atoms with Crippen LogP contribution in [0.2, 0.25) is 10.0 Å². The zero-order valence-corrected chi connectivity index (χ0v) is 25.3. The number of carbonyl (C=O) groups excluding carboxylic acids is 2. The van der Waals surface area contributed by atoms with Crippen molar-refractivity contribution < 1.29 is 18.0 Å². The lowest BCUT2D eigenvalue weighted by Crippen LogP contribution is -2.52. The minimum absolute atomic E-state index is 0.0168. The summed E-state index contributed by atoms with van der Waals surface area (Å²) in [4.78, 5) is 28.3. The molecule has 10 heteroatoms. The molecule has 1 N–H and O–H groups in total. The van der Waals surface area contributed by atoms with E-state index in [1.807, 2.05) is 44.2 Å². The third-order valence-electron chi connectivity index (χ3n) is 6.50. The predicted octanol–water partition coefficient (Wildman–Crippen LogP) is 5.87. The quantitative estimate of drug-likeness (QED) is 0.247. The van der Waals surface area contributed by atoms with Crippen molar-refractivity contribution in [3.8, 4) is 0 Å². The highest BCUT2D eigenvalue weighted by molar-refractivity contribution is 7.92. The van der Waals surface area contributed by atoms with E-state index in [0.29, 0.717) is 13.0 Å². The van der Waals surface area contributed by atoms with Crippen molar-refractivity contribution in [1.29, 1.82) is 0 Å². The summed E-state index contributed by atoms with van der Waals surface area (Å²) in [6.45, 7) is 5.70. The Labute approximate surface area is 247 Å². The van der Waals surface area contributed by atoms with Gasteiger partial charge in [0.1, 0.15) is 12.6 Å². The largest absolute Gasteiger partial charge is 0.354 e. The minimum Gasteiger partial charge on any atom is -0.354 e. The third kappa shape index (κ3) is 8.46. The summed E-state index contributed by atoms with van der Waals surface area (Å²) in [6, 6.07) is 19.5. The van der Waals surface area contributed by atoms with E-state index in [1.165, 1.54) is 35.2 Å². The lowest BCUT2D eigenvalue weighted by Gasteiger charge is -2.32. The zero-order chi connectivity index (χ0) is 29.3. The molecule has 0 unspecified atom stereocenters. The fourth-order valence-corrected chi connectivity index (χ4v) is 6.07. The lowest BCUT2D eigenvalue weighted by molar-refractivity contribution is -0.138. The van der Waals surface area contributed by atoms with Crippen molar-refractivity contribution in [3.63, 3.8) is 0 Å². The van der Waals surface area contributed by atoms with Crippen LogP contribution in [0.5, 0.6) is 0 Å². The second-order valence-corrected chi connectivity index (χ2v) is 12.3. The van der Waals surface area contributed by atoms with Crippen LogP contribution in [-0.4, -0.2) is 50.8 Å². The standard InChI is InChI=1S/C30H35Cl2N3O4S/c1-4-5-16-33-30(37)23(3)34(17-15-24-9-7-6-8-10-24)29(36)21-35(27-19-25(31)18-26(32)20-27)40(38,39)28-13-11-22(2)12-14-28/h6-14,18-20,23H,4-5,15-17,21H2,1-3H3,(H,33,37)/t23-/m1/s1. The van der Waals surface area contributed by atoms with Crippen LogP contribution < -0.4 is 9.62 Å². The first-order chi connectivity index (χ1) is 19.0. The number of nitrogens with one attached hydrogen (secondary N) is 1. The van der Waals surface area contributed by atoms with Crippen molar-refractivity contribution in [3.05, 3.63) is 94.0 Å². The molecule has 0 aromatic heterocycles. The molecule has 7 nitrogen and oxygen atoms in total. The Morgan fingerprint density at radius 3 is 2.17 bits per heavy atom. The smallest absolute Gasteiger partial charge is 0.264 e. The number of hydrogen-bond acceptors (Lipinski definition) is 4. The van der Waals surface area contributed by atoms with Gasteiger partial charge in [0.05, 0.1) is 10.6 Å². The molecule has 0 aliphatic heterocycles. The number of sulfonamides is 1. The fourth-order valence-electron chi connectivity index (χ4n) is 4.16. The molecule has 0 bridgehead atoms. The van der Waals surface area contributed by atoms with E-state index < -0.39 is 28.5 Å². The topological polar surface area (TPSA) is 86.8 Å². The number of unbranched alkanes of at least 4 members (excludes halogenated alkanes) is 1. The van der Waals surface area contributed by atoms with E-state index in [2.05, 4.69) is 5.32 Å². The molecular weight excluding hydrogens is 569 g/mol. The van der Waals surface area contributed by atoms with Gasteiger partial charge < -0.3 is 10.2 Å². The summed E-state index contributed by atoms with van der Waals surface area (Å²) in [5.41, 5.74) is 2.03. The molecule has 1 atom stereocenters.